The lowest BCUT2D eigenvalue weighted by molar-refractivity contribution is -0.160. The SMILES string of the molecule is CCCCCCCCCCCc1noc(-c2ccc(CN(Cc3cccc(-c4ccccc4)c3)C(=O)C(=O)OCC)cc2)n1. The Morgan fingerprint density at radius 1 is 0.705 bits per heavy atom. The molecule has 0 aliphatic carbocycles. The largest absolute Gasteiger partial charge is 0.459 e. The van der Waals surface area contributed by atoms with Gasteiger partial charge in [0.2, 0.25) is 0 Å². The third-order valence-electron chi connectivity index (χ3n) is 7.69. The van der Waals surface area contributed by atoms with Crippen molar-refractivity contribution in [2.75, 3.05) is 6.61 Å². The van der Waals surface area contributed by atoms with Crippen molar-refractivity contribution < 1.29 is 18.8 Å². The number of carbonyl (C=O) groups is 2. The Morgan fingerprint density at radius 2 is 1.36 bits per heavy atom. The number of aromatic nitrogens is 2. The molecule has 232 valence electrons. The monoisotopic (exact) mass is 595 g/mol. The lowest BCUT2D eigenvalue weighted by Gasteiger charge is -2.22. The number of amides is 1. The molecular weight excluding hydrogens is 550 g/mol. The highest BCUT2D eigenvalue weighted by atomic mass is 16.5. The molecule has 0 saturated carbocycles. The molecule has 0 aliphatic rings. The summed E-state index contributed by atoms with van der Waals surface area (Å²) in [5, 5.41) is 4.18. The van der Waals surface area contributed by atoms with Gasteiger partial charge in [-0.15, -0.1) is 0 Å². The average molecular weight is 596 g/mol. The Bertz CT molecular complexity index is 1430. The van der Waals surface area contributed by atoms with Gasteiger partial charge in [0.1, 0.15) is 0 Å². The van der Waals surface area contributed by atoms with Crippen LogP contribution >= 0.6 is 0 Å². The van der Waals surface area contributed by atoms with E-state index in [1.165, 1.54) is 56.3 Å². The van der Waals surface area contributed by atoms with Gasteiger partial charge in [-0.1, -0.05) is 124 Å². The minimum absolute atomic E-state index is 0.141. The Balaban J connectivity index is 1.35. The standard InChI is InChI=1S/C37H45N3O4/c1-3-5-6-7-8-9-10-11-15-21-34-38-35(44-39-34)32-24-22-29(23-25-32)27-40(36(41)37(42)43-4-2)28-30-17-16-20-33(26-30)31-18-13-12-14-19-31/h12-14,16-20,22-26H,3-11,15,21,27-28H2,1-2H3. The zero-order chi connectivity index (χ0) is 31.0. The highest BCUT2D eigenvalue weighted by molar-refractivity contribution is 6.32. The van der Waals surface area contributed by atoms with E-state index in [0.717, 1.165) is 46.5 Å². The van der Waals surface area contributed by atoms with Crippen molar-refractivity contribution in [1.29, 1.82) is 0 Å². The van der Waals surface area contributed by atoms with Crippen LogP contribution in [-0.2, 0) is 33.8 Å². The highest BCUT2D eigenvalue weighted by Crippen LogP contribution is 2.23. The highest BCUT2D eigenvalue weighted by Gasteiger charge is 2.24. The number of nitrogens with zero attached hydrogens (tertiary/aromatic N) is 3. The number of carbonyl (C=O) groups excluding carboxylic acids is 2. The Kier molecular flexibility index (Phi) is 13.2. The maximum Gasteiger partial charge on any atom is 0.397 e. The van der Waals surface area contributed by atoms with Crippen LogP contribution in [-0.4, -0.2) is 33.5 Å². The van der Waals surface area contributed by atoms with E-state index < -0.39 is 11.9 Å². The van der Waals surface area contributed by atoms with Gasteiger partial charge < -0.3 is 14.2 Å². The zero-order valence-electron chi connectivity index (χ0n) is 26.2. The van der Waals surface area contributed by atoms with Crippen LogP contribution in [0.5, 0.6) is 0 Å². The fourth-order valence-electron chi connectivity index (χ4n) is 5.26. The molecule has 3 aromatic carbocycles. The number of rotatable bonds is 17. The van der Waals surface area contributed by atoms with Crippen molar-refractivity contribution in [3.8, 4) is 22.6 Å². The molecule has 4 aromatic rings. The molecule has 44 heavy (non-hydrogen) atoms. The van der Waals surface area contributed by atoms with Gasteiger partial charge >= 0.3 is 11.9 Å². The van der Waals surface area contributed by atoms with Crippen molar-refractivity contribution in [3.05, 3.63) is 95.8 Å². The van der Waals surface area contributed by atoms with Gasteiger partial charge in [0, 0.05) is 25.1 Å². The topological polar surface area (TPSA) is 85.5 Å². The maximum absolute atomic E-state index is 13.1. The summed E-state index contributed by atoms with van der Waals surface area (Å²) >= 11 is 0. The predicted molar refractivity (Wildman–Crippen MR) is 173 cm³/mol. The van der Waals surface area contributed by atoms with Crippen LogP contribution in [0.3, 0.4) is 0 Å². The van der Waals surface area contributed by atoms with Gasteiger partial charge in [-0.05, 0) is 53.8 Å². The molecule has 1 amide bonds. The van der Waals surface area contributed by atoms with Crippen molar-refractivity contribution in [2.45, 2.75) is 91.1 Å². The van der Waals surface area contributed by atoms with E-state index in [2.05, 4.69) is 17.1 Å². The Morgan fingerprint density at radius 3 is 2.07 bits per heavy atom. The third kappa shape index (κ3) is 10.2. The minimum Gasteiger partial charge on any atom is -0.459 e. The van der Waals surface area contributed by atoms with Crippen LogP contribution in [0.1, 0.15) is 88.6 Å². The summed E-state index contributed by atoms with van der Waals surface area (Å²) in [6, 6.07) is 25.7. The van der Waals surface area contributed by atoms with Crippen molar-refractivity contribution in [2.24, 2.45) is 0 Å². The molecule has 4 rings (SSSR count). The second kappa shape index (κ2) is 17.8. The van der Waals surface area contributed by atoms with Crippen molar-refractivity contribution in [3.63, 3.8) is 0 Å². The van der Waals surface area contributed by atoms with Gasteiger partial charge in [-0.25, -0.2) is 4.79 Å². The van der Waals surface area contributed by atoms with E-state index in [0.29, 0.717) is 5.89 Å². The molecule has 0 N–H and O–H groups in total. The normalized spacial score (nSPS) is 11.0. The first-order valence-electron chi connectivity index (χ1n) is 16.1. The van der Waals surface area contributed by atoms with Gasteiger partial charge in [0.25, 0.3) is 5.89 Å². The molecule has 7 heteroatoms. The summed E-state index contributed by atoms with van der Waals surface area (Å²) in [5.74, 6) is -0.302. The zero-order valence-corrected chi connectivity index (χ0v) is 26.2. The molecule has 1 aromatic heterocycles. The Hall–Kier alpha value is -4.26. The summed E-state index contributed by atoms with van der Waals surface area (Å²) in [4.78, 5) is 31.7. The molecular formula is C37H45N3O4. The van der Waals surface area contributed by atoms with Gasteiger partial charge in [0.05, 0.1) is 6.61 Å². The number of hydrogen-bond donors (Lipinski definition) is 0. The van der Waals surface area contributed by atoms with Crippen molar-refractivity contribution in [1.82, 2.24) is 15.0 Å². The second-order valence-corrected chi connectivity index (χ2v) is 11.2. The van der Waals surface area contributed by atoms with Crippen molar-refractivity contribution >= 4 is 11.9 Å². The van der Waals surface area contributed by atoms with Crippen LogP contribution < -0.4 is 0 Å². The lowest BCUT2D eigenvalue weighted by Crippen LogP contribution is -2.36. The molecule has 0 radical (unpaired) electrons. The van der Waals surface area contributed by atoms with E-state index in [9.17, 15) is 9.59 Å². The van der Waals surface area contributed by atoms with E-state index in [1.807, 2.05) is 78.9 Å². The number of benzene rings is 3. The van der Waals surface area contributed by atoms with Gasteiger partial charge in [-0.2, -0.15) is 4.98 Å². The molecule has 7 nitrogen and oxygen atoms in total. The van der Waals surface area contributed by atoms with Crippen LogP contribution in [0.25, 0.3) is 22.6 Å². The second-order valence-electron chi connectivity index (χ2n) is 11.2. The molecule has 0 atom stereocenters. The molecule has 0 bridgehead atoms. The number of hydrogen-bond acceptors (Lipinski definition) is 6. The summed E-state index contributed by atoms with van der Waals surface area (Å²) in [7, 11) is 0. The molecule has 0 spiro atoms. The lowest BCUT2D eigenvalue weighted by atomic mass is 10.0. The summed E-state index contributed by atoms with van der Waals surface area (Å²) in [6.07, 6.45) is 12.3. The summed E-state index contributed by atoms with van der Waals surface area (Å²) in [6.45, 7) is 4.60. The smallest absolute Gasteiger partial charge is 0.397 e. The number of ether oxygens (including phenoxy) is 1. The molecule has 0 unspecified atom stereocenters. The fraction of sp³-hybridized carbons (Fsp3) is 0.405. The van der Waals surface area contributed by atoms with Crippen LogP contribution in [0.15, 0.2) is 83.4 Å². The average Bonchev–Trinajstić information content (AvgIpc) is 3.53. The van der Waals surface area contributed by atoms with E-state index in [-0.39, 0.29) is 19.7 Å². The third-order valence-corrected chi connectivity index (χ3v) is 7.69. The van der Waals surface area contributed by atoms with Crippen LogP contribution in [0.4, 0.5) is 0 Å². The van der Waals surface area contributed by atoms with Gasteiger partial charge in [-0.3, -0.25) is 4.79 Å². The fourth-order valence-corrected chi connectivity index (χ4v) is 5.26. The van der Waals surface area contributed by atoms with Crippen LogP contribution in [0, 0.1) is 0 Å². The van der Waals surface area contributed by atoms with E-state index in [4.69, 9.17) is 9.26 Å². The predicted octanol–water partition coefficient (Wildman–Crippen LogP) is 8.57. The number of unbranched alkanes of at least 4 members (excludes halogenated alkanes) is 8. The molecule has 0 saturated heterocycles. The first-order chi connectivity index (χ1) is 21.6. The quantitative estimate of drug-likeness (QED) is 0.0690. The van der Waals surface area contributed by atoms with Crippen LogP contribution in [0.2, 0.25) is 0 Å². The molecule has 1 heterocycles. The summed E-state index contributed by atoms with van der Waals surface area (Å²) < 4.78 is 10.6. The Labute approximate surface area is 261 Å². The molecule has 0 aliphatic heterocycles. The summed E-state index contributed by atoms with van der Waals surface area (Å²) in [5.41, 5.74) is 4.75. The maximum atomic E-state index is 13.1. The number of esters is 1. The molecule has 0 fully saturated rings. The first-order valence-corrected chi connectivity index (χ1v) is 16.1. The van der Waals surface area contributed by atoms with Gasteiger partial charge in [0.15, 0.2) is 5.82 Å². The van der Waals surface area contributed by atoms with E-state index >= 15 is 0 Å². The minimum atomic E-state index is -0.853. The number of aryl methyl sites for hydroxylation is 1. The van der Waals surface area contributed by atoms with E-state index in [1.54, 1.807) is 6.92 Å². The first kappa shape index (κ1) is 32.6.